The van der Waals surface area contributed by atoms with Crippen molar-refractivity contribution in [2.24, 2.45) is 0 Å². The van der Waals surface area contributed by atoms with E-state index >= 15 is 0 Å². The monoisotopic (exact) mass is 376 g/mol. The fraction of sp³-hybridized carbons (Fsp3) is 0.211. The molecule has 3 N–H and O–H groups in total. The average Bonchev–Trinajstić information content (AvgIpc) is 3.23. The molecule has 2 amide bonds. The quantitative estimate of drug-likeness (QED) is 0.640. The number of carbonyl (C=O) groups excluding carboxylic acids is 2. The van der Waals surface area contributed by atoms with Crippen molar-refractivity contribution in [3.63, 3.8) is 0 Å². The fourth-order valence-corrected chi connectivity index (χ4v) is 3.85. The molecule has 2 aliphatic rings. The molecule has 2 aliphatic heterocycles. The molecule has 9 nitrogen and oxygen atoms in total. The maximum Gasteiger partial charge on any atom is 0.262 e. The topological polar surface area (TPSA) is 125 Å². The van der Waals surface area contributed by atoms with Crippen LogP contribution in [0.2, 0.25) is 0 Å². The van der Waals surface area contributed by atoms with Gasteiger partial charge in [0.05, 0.1) is 16.8 Å². The second-order valence-electron chi connectivity index (χ2n) is 6.87. The maximum atomic E-state index is 12.6. The van der Waals surface area contributed by atoms with Gasteiger partial charge in [-0.1, -0.05) is 12.1 Å². The zero-order valence-corrected chi connectivity index (χ0v) is 14.8. The number of hydrogen-bond donors (Lipinski definition) is 2. The number of aromatic nitrogens is 4. The van der Waals surface area contributed by atoms with Gasteiger partial charge in [0.2, 0.25) is 0 Å². The van der Waals surface area contributed by atoms with Crippen LogP contribution in [0, 0.1) is 0 Å². The Morgan fingerprint density at radius 2 is 1.89 bits per heavy atom. The van der Waals surface area contributed by atoms with Crippen LogP contribution in [0.3, 0.4) is 0 Å². The van der Waals surface area contributed by atoms with E-state index in [1.54, 1.807) is 18.2 Å². The molecule has 0 saturated heterocycles. The third-order valence-corrected chi connectivity index (χ3v) is 5.18. The molecule has 0 saturated carbocycles. The van der Waals surface area contributed by atoms with Crippen LogP contribution in [-0.4, -0.2) is 31.1 Å². The smallest absolute Gasteiger partial charge is 0.262 e. The van der Waals surface area contributed by atoms with Crippen LogP contribution < -0.4 is 16.6 Å². The van der Waals surface area contributed by atoms with Crippen molar-refractivity contribution in [1.82, 2.24) is 24.6 Å². The molecular formula is C19H16N6O3. The van der Waals surface area contributed by atoms with E-state index in [0.29, 0.717) is 5.69 Å². The Balaban J connectivity index is 1.67. The van der Waals surface area contributed by atoms with Crippen LogP contribution in [0.1, 0.15) is 39.4 Å². The number of rotatable bonds is 2. The molecule has 0 spiro atoms. The Morgan fingerprint density at radius 3 is 2.75 bits per heavy atom. The molecular weight excluding hydrogens is 360 g/mol. The van der Waals surface area contributed by atoms with Gasteiger partial charge in [0.15, 0.2) is 5.82 Å². The van der Waals surface area contributed by atoms with Crippen molar-refractivity contribution < 1.29 is 9.59 Å². The van der Waals surface area contributed by atoms with Gasteiger partial charge in [0, 0.05) is 24.6 Å². The second-order valence-corrected chi connectivity index (χ2v) is 6.87. The highest BCUT2D eigenvalue weighted by atomic mass is 16.2. The van der Waals surface area contributed by atoms with Crippen LogP contribution >= 0.6 is 0 Å². The first-order chi connectivity index (χ1) is 13.5. The van der Waals surface area contributed by atoms with E-state index < -0.39 is 17.4 Å². The van der Waals surface area contributed by atoms with Gasteiger partial charge in [-0.05, 0) is 25.0 Å². The summed E-state index contributed by atoms with van der Waals surface area (Å²) in [6, 6.07) is 8.32. The van der Waals surface area contributed by atoms with E-state index in [-0.39, 0.29) is 16.9 Å². The van der Waals surface area contributed by atoms with Crippen molar-refractivity contribution in [2.45, 2.75) is 25.8 Å². The largest absolute Gasteiger partial charge is 0.384 e. The predicted molar refractivity (Wildman–Crippen MR) is 100 cm³/mol. The number of benzene rings is 1. The van der Waals surface area contributed by atoms with E-state index in [1.807, 2.05) is 6.07 Å². The number of amides is 2. The number of imide groups is 1. The summed E-state index contributed by atoms with van der Waals surface area (Å²) in [4.78, 5) is 36.5. The maximum absolute atomic E-state index is 12.6. The molecule has 140 valence electrons. The van der Waals surface area contributed by atoms with Crippen LogP contribution in [0.25, 0.3) is 17.1 Å². The number of nitrogens with two attached hydrogens (primary N) is 1. The second kappa shape index (κ2) is 5.88. The van der Waals surface area contributed by atoms with E-state index in [2.05, 4.69) is 20.1 Å². The molecule has 0 radical (unpaired) electrons. The van der Waals surface area contributed by atoms with Gasteiger partial charge in [-0.3, -0.25) is 24.3 Å². The van der Waals surface area contributed by atoms with Gasteiger partial charge in [-0.2, -0.15) is 0 Å². The Hall–Kier alpha value is -3.75. The van der Waals surface area contributed by atoms with E-state index in [4.69, 9.17) is 5.73 Å². The molecule has 5 rings (SSSR count). The number of pyridine rings is 1. The number of aryl methyl sites for hydroxylation is 1. The summed E-state index contributed by atoms with van der Waals surface area (Å²) in [6.45, 7) is 0.852. The standard InChI is InChI=1S/C19H16N6O3/c20-16-15-12(18(27)21-19(15)28)9-14(26)25(16)11-5-3-4-10(8-11)17-23-22-13-6-1-2-7-24(13)17/h3-5,8-9H,1-2,6-7,20H2,(H,21,27,28). The van der Waals surface area contributed by atoms with Crippen LogP contribution in [0.5, 0.6) is 0 Å². The third kappa shape index (κ3) is 2.29. The molecule has 4 heterocycles. The fourth-order valence-electron chi connectivity index (χ4n) is 3.85. The number of carbonyl (C=O) groups is 2. The zero-order valence-electron chi connectivity index (χ0n) is 14.8. The van der Waals surface area contributed by atoms with Crippen LogP contribution in [0.15, 0.2) is 35.1 Å². The lowest BCUT2D eigenvalue weighted by Gasteiger charge is -2.16. The van der Waals surface area contributed by atoms with Crippen molar-refractivity contribution in [3.8, 4) is 17.1 Å². The van der Waals surface area contributed by atoms with Gasteiger partial charge in [-0.25, -0.2) is 0 Å². The van der Waals surface area contributed by atoms with Gasteiger partial charge < -0.3 is 10.3 Å². The van der Waals surface area contributed by atoms with Crippen LogP contribution in [-0.2, 0) is 13.0 Å². The Labute approximate surface area is 158 Å². The van der Waals surface area contributed by atoms with Gasteiger partial charge in [0.25, 0.3) is 17.4 Å². The highest BCUT2D eigenvalue weighted by Gasteiger charge is 2.32. The number of hydrogen-bond acceptors (Lipinski definition) is 6. The molecule has 0 fully saturated rings. The minimum atomic E-state index is -0.611. The Bertz CT molecular complexity index is 1220. The lowest BCUT2D eigenvalue weighted by atomic mass is 10.1. The molecule has 0 bridgehead atoms. The average molecular weight is 376 g/mol. The lowest BCUT2D eigenvalue weighted by Crippen LogP contribution is -2.24. The Morgan fingerprint density at radius 1 is 1.04 bits per heavy atom. The number of nitrogens with zero attached hydrogens (tertiary/aromatic N) is 4. The predicted octanol–water partition coefficient (Wildman–Crippen LogP) is 0.898. The summed E-state index contributed by atoms with van der Waals surface area (Å²) >= 11 is 0. The SMILES string of the molecule is Nc1c2c(cc(=O)n1-c1cccc(-c3nnc4n3CCCC4)c1)C(=O)NC2=O. The van der Waals surface area contributed by atoms with Gasteiger partial charge >= 0.3 is 0 Å². The summed E-state index contributed by atoms with van der Waals surface area (Å²) in [7, 11) is 0. The summed E-state index contributed by atoms with van der Waals surface area (Å²) < 4.78 is 3.32. The van der Waals surface area contributed by atoms with E-state index in [9.17, 15) is 14.4 Å². The highest BCUT2D eigenvalue weighted by molar-refractivity contribution is 6.23. The molecule has 0 unspecified atom stereocenters. The van der Waals surface area contributed by atoms with E-state index in [1.165, 1.54) is 4.57 Å². The summed E-state index contributed by atoms with van der Waals surface area (Å²) in [5.74, 6) is 0.410. The molecule has 9 heteroatoms. The summed E-state index contributed by atoms with van der Waals surface area (Å²) in [5.41, 5.74) is 6.95. The summed E-state index contributed by atoms with van der Waals surface area (Å²) in [5, 5.41) is 10.7. The molecule has 28 heavy (non-hydrogen) atoms. The van der Waals surface area contributed by atoms with Gasteiger partial charge in [0.1, 0.15) is 11.6 Å². The van der Waals surface area contributed by atoms with Crippen LogP contribution in [0.4, 0.5) is 5.82 Å². The molecule has 1 aromatic carbocycles. The number of nitrogens with one attached hydrogen (secondary N) is 1. The zero-order chi connectivity index (χ0) is 19.4. The minimum Gasteiger partial charge on any atom is -0.384 e. The van der Waals surface area contributed by atoms with Crippen molar-refractivity contribution >= 4 is 17.6 Å². The third-order valence-electron chi connectivity index (χ3n) is 5.18. The Kier molecular flexibility index (Phi) is 3.45. The van der Waals surface area contributed by atoms with Crippen molar-refractivity contribution in [3.05, 3.63) is 57.6 Å². The van der Waals surface area contributed by atoms with Crippen molar-refractivity contribution in [2.75, 3.05) is 5.73 Å². The normalized spacial score (nSPS) is 15.3. The highest BCUT2D eigenvalue weighted by Crippen LogP contribution is 2.27. The first-order valence-corrected chi connectivity index (χ1v) is 8.98. The first kappa shape index (κ1) is 16.4. The van der Waals surface area contributed by atoms with Gasteiger partial charge in [-0.15, -0.1) is 10.2 Å². The van der Waals surface area contributed by atoms with E-state index in [0.717, 1.165) is 49.1 Å². The molecule has 0 atom stereocenters. The molecule has 0 aliphatic carbocycles. The molecule has 2 aromatic heterocycles. The number of nitrogen functional groups attached to an aromatic ring is 1. The molecule has 3 aromatic rings. The minimum absolute atomic E-state index is 0.00595. The van der Waals surface area contributed by atoms with Crippen molar-refractivity contribution in [1.29, 1.82) is 0 Å². The number of anilines is 1. The summed E-state index contributed by atoms with van der Waals surface area (Å²) in [6.07, 6.45) is 3.06. The number of fused-ring (bicyclic) bond motifs is 2. The first-order valence-electron chi connectivity index (χ1n) is 8.98. The lowest BCUT2D eigenvalue weighted by molar-refractivity contribution is 0.0880.